The molecule has 1 aliphatic heterocycles. The number of likely N-dealkylation sites (tertiary alicyclic amines) is 1. The van der Waals surface area contributed by atoms with Crippen LogP contribution in [0.15, 0.2) is 54.6 Å². The Kier molecular flexibility index (Phi) is 4.63. The topological polar surface area (TPSA) is 63.4 Å². The molecule has 4 rings (SSSR count). The van der Waals surface area contributed by atoms with Crippen LogP contribution in [0.2, 0.25) is 0 Å². The van der Waals surface area contributed by atoms with E-state index in [0.29, 0.717) is 18.5 Å². The minimum Gasteiger partial charge on any atom is -0.368 e. The number of aryl methyl sites for hydroxylation is 2. The SMILES string of the molecule is Cc1ccc(-c2cccc3cc(C(=O)N4CCC[C@H]4C(N)=O)ccc23)cc1C. The van der Waals surface area contributed by atoms with Gasteiger partial charge in [-0.25, -0.2) is 0 Å². The second-order valence-corrected chi connectivity index (χ2v) is 7.60. The third-order valence-corrected chi connectivity index (χ3v) is 5.79. The molecule has 142 valence electrons. The first-order valence-electron chi connectivity index (χ1n) is 9.66. The monoisotopic (exact) mass is 372 g/mol. The summed E-state index contributed by atoms with van der Waals surface area (Å²) < 4.78 is 0. The van der Waals surface area contributed by atoms with E-state index in [9.17, 15) is 9.59 Å². The van der Waals surface area contributed by atoms with Crippen molar-refractivity contribution in [3.8, 4) is 11.1 Å². The summed E-state index contributed by atoms with van der Waals surface area (Å²) in [7, 11) is 0. The van der Waals surface area contributed by atoms with Gasteiger partial charge >= 0.3 is 0 Å². The van der Waals surface area contributed by atoms with Crippen molar-refractivity contribution in [3.05, 3.63) is 71.3 Å². The molecule has 3 aromatic rings. The largest absolute Gasteiger partial charge is 0.368 e. The zero-order valence-electron chi connectivity index (χ0n) is 16.2. The Balaban J connectivity index is 1.73. The molecule has 0 aliphatic carbocycles. The molecular weight excluding hydrogens is 348 g/mol. The van der Waals surface area contributed by atoms with Crippen molar-refractivity contribution in [3.63, 3.8) is 0 Å². The van der Waals surface area contributed by atoms with Crippen molar-refractivity contribution in [2.45, 2.75) is 32.7 Å². The zero-order valence-corrected chi connectivity index (χ0v) is 16.2. The van der Waals surface area contributed by atoms with Gasteiger partial charge in [0.1, 0.15) is 6.04 Å². The minimum absolute atomic E-state index is 0.125. The predicted molar refractivity (Wildman–Crippen MR) is 112 cm³/mol. The van der Waals surface area contributed by atoms with Gasteiger partial charge in [-0.3, -0.25) is 9.59 Å². The van der Waals surface area contributed by atoms with Crippen molar-refractivity contribution < 1.29 is 9.59 Å². The summed E-state index contributed by atoms with van der Waals surface area (Å²) in [6, 6.07) is 17.9. The molecule has 3 aromatic carbocycles. The second-order valence-electron chi connectivity index (χ2n) is 7.60. The summed E-state index contributed by atoms with van der Waals surface area (Å²) in [4.78, 5) is 26.2. The fourth-order valence-electron chi connectivity index (χ4n) is 4.05. The van der Waals surface area contributed by atoms with Gasteiger partial charge in [-0.05, 0) is 71.8 Å². The molecule has 0 unspecified atom stereocenters. The summed E-state index contributed by atoms with van der Waals surface area (Å²) in [6.07, 6.45) is 1.45. The van der Waals surface area contributed by atoms with E-state index < -0.39 is 11.9 Å². The summed E-state index contributed by atoms with van der Waals surface area (Å²) in [5.41, 5.74) is 10.9. The lowest BCUT2D eigenvalue weighted by molar-refractivity contribution is -0.121. The molecule has 1 aliphatic rings. The molecule has 0 saturated carbocycles. The van der Waals surface area contributed by atoms with Gasteiger partial charge in [-0.2, -0.15) is 0 Å². The number of amides is 2. The highest BCUT2D eigenvalue weighted by Gasteiger charge is 2.33. The average molecular weight is 372 g/mol. The fourth-order valence-corrected chi connectivity index (χ4v) is 4.05. The Bertz CT molecular complexity index is 1090. The molecule has 1 heterocycles. The molecule has 0 aromatic heterocycles. The molecule has 4 nitrogen and oxygen atoms in total. The third-order valence-electron chi connectivity index (χ3n) is 5.79. The van der Waals surface area contributed by atoms with Crippen LogP contribution >= 0.6 is 0 Å². The number of rotatable bonds is 3. The van der Waals surface area contributed by atoms with E-state index in [4.69, 9.17) is 5.73 Å². The van der Waals surface area contributed by atoms with Gasteiger partial charge in [-0.15, -0.1) is 0 Å². The first-order chi connectivity index (χ1) is 13.5. The van der Waals surface area contributed by atoms with E-state index in [2.05, 4.69) is 38.1 Å². The summed E-state index contributed by atoms with van der Waals surface area (Å²) >= 11 is 0. The quantitative estimate of drug-likeness (QED) is 0.748. The van der Waals surface area contributed by atoms with Gasteiger partial charge < -0.3 is 10.6 Å². The molecule has 1 atom stereocenters. The number of primary amides is 1. The van der Waals surface area contributed by atoms with Crippen molar-refractivity contribution in [1.82, 2.24) is 4.90 Å². The van der Waals surface area contributed by atoms with Crippen LogP contribution in [0.25, 0.3) is 21.9 Å². The minimum atomic E-state index is -0.495. The maximum absolute atomic E-state index is 13.0. The number of carbonyl (C=O) groups excluding carboxylic acids is 2. The van der Waals surface area contributed by atoms with Gasteiger partial charge in [0.15, 0.2) is 0 Å². The van der Waals surface area contributed by atoms with Gasteiger partial charge in [0, 0.05) is 12.1 Å². The highest BCUT2D eigenvalue weighted by molar-refractivity contribution is 6.04. The fraction of sp³-hybridized carbons (Fsp3) is 0.250. The van der Waals surface area contributed by atoms with E-state index in [-0.39, 0.29) is 5.91 Å². The maximum atomic E-state index is 13.0. The van der Waals surface area contributed by atoms with Crippen molar-refractivity contribution in [2.24, 2.45) is 5.73 Å². The number of hydrogen-bond donors (Lipinski definition) is 1. The Labute approximate surface area is 165 Å². The Hall–Kier alpha value is -3.14. The molecule has 1 saturated heterocycles. The van der Waals surface area contributed by atoms with Gasteiger partial charge in [0.05, 0.1) is 0 Å². The van der Waals surface area contributed by atoms with Crippen LogP contribution in [-0.4, -0.2) is 29.3 Å². The van der Waals surface area contributed by atoms with Gasteiger partial charge in [0.2, 0.25) is 5.91 Å². The normalized spacial score (nSPS) is 16.5. The van der Waals surface area contributed by atoms with Gasteiger partial charge in [0.25, 0.3) is 5.91 Å². The Morgan fingerprint density at radius 3 is 2.57 bits per heavy atom. The molecule has 28 heavy (non-hydrogen) atoms. The van der Waals surface area contributed by atoms with Crippen LogP contribution in [0.5, 0.6) is 0 Å². The molecule has 0 spiro atoms. The van der Waals surface area contributed by atoms with Crippen LogP contribution in [0.1, 0.15) is 34.3 Å². The van der Waals surface area contributed by atoms with E-state index in [1.165, 1.54) is 16.7 Å². The summed E-state index contributed by atoms with van der Waals surface area (Å²) in [5, 5.41) is 2.12. The van der Waals surface area contributed by atoms with Crippen LogP contribution in [0.3, 0.4) is 0 Å². The lowest BCUT2D eigenvalue weighted by atomic mass is 9.94. The molecule has 0 radical (unpaired) electrons. The first kappa shape index (κ1) is 18.2. The molecule has 0 bridgehead atoms. The lowest BCUT2D eigenvalue weighted by Gasteiger charge is -2.22. The summed E-state index contributed by atoms with van der Waals surface area (Å²) in [6.45, 7) is 4.80. The molecule has 2 N–H and O–H groups in total. The van der Waals surface area contributed by atoms with Crippen LogP contribution in [0, 0.1) is 13.8 Å². The Morgan fingerprint density at radius 2 is 1.82 bits per heavy atom. The Morgan fingerprint density at radius 1 is 1.00 bits per heavy atom. The highest BCUT2D eigenvalue weighted by atomic mass is 16.2. The number of carbonyl (C=O) groups is 2. The van der Waals surface area contributed by atoms with E-state index >= 15 is 0 Å². The molecular formula is C24H24N2O2. The second kappa shape index (κ2) is 7.12. The van der Waals surface area contributed by atoms with Crippen LogP contribution in [0.4, 0.5) is 0 Å². The number of fused-ring (bicyclic) bond motifs is 1. The predicted octanol–water partition coefficient (Wildman–Crippen LogP) is 4.21. The molecule has 2 amide bonds. The van der Waals surface area contributed by atoms with Gasteiger partial charge in [-0.1, -0.05) is 42.5 Å². The van der Waals surface area contributed by atoms with Crippen LogP contribution in [-0.2, 0) is 4.79 Å². The standard InChI is InChI=1S/C24H24N2O2/c1-15-8-9-18(13-16(15)2)20-6-3-5-17-14-19(10-11-21(17)20)24(28)26-12-4-7-22(26)23(25)27/h3,5-6,8-11,13-14,22H,4,7,12H2,1-2H3,(H2,25,27)/t22-/m0/s1. The molecule has 4 heteroatoms. The zero-order chi connectivity index (χ0) is 19.8. The molecule has 1 fully saturated rings. The number of nitrogens with two attached hydrogens (primary N) is 1. The van der Waals surface area contributed by atoms with E-state index in [1.54, 1.807) is 4.90 Å². The average Bonchev–Trinajstić information content (AvgIpc) is 3.19. The lowest BCUT2D eigenvalue weighted by Crippen LogP contribution is -2.43. The third kappa shape index (κ3) is 3.15. The van der Waals surface area contributed by atoms with Crippen LogP contribution < -0.4 is 5.73 Å². The summed E-state index contributed by atoms with van der Waals surface area (Å²) in [5.74, 6) is -0.552. The smallest absolute Gasteiger partial charge is 0.254 e. The van der Waals surface area contributed by atoms with Crippen molar-refractivity contribution >= 4 is 22.6 Å². The number of nitrogens with zero attached hydrogens (tertiary/aromatic N) is 1. The highest BCUT2D eigenvalue weighted by Crippen LogP contribution is 2.31. The first-order valence-corrected chi connectivity index (χ1v) is 9.66. The maximum Gasteiger partial charge on any atom is 0.254 e. The van der Waals surface area contributed by atoms with E-state index in [1.807, 2.05) is 30.3 Å². The number of benzene rings is 3. The van der Waals surface area contributed by atoms with Crippen molar-refractivity contribution in [2.75, 3.05) is 6.54 Å². The number of hydrogen-bond acceptors (Lipinski definition) is 2. The van der Waals surface area contributed by atoms with E-state index in [0.717, 1.165) is 22.8 Å². The van der Waals surface area contributed by atoms with Crippen molar-refractivity contribution in [1.29, 1.82) is 0 Å².